The highest BCUT2D eigenvalue weighted by Crippen LogP contribution is 2.36. The first kappa shape index (κ1) is 28.3. The number of piperidine rings is 1. The summed E-state index contributed by atoms with van der Waals surface area (Å²) in [5.41, 5.74) is 0.407. The number of aromatic nitrogens is 1. The lowest BCUT2D eigenvalue weighted by Gasteiger charge is -2.37. The zero-order chi connectivity index (χ0) is 28.3. The molecule has 0 radical (unpaired) electrons. The van der Waals surface area contributed by atoms with E-state index in [-0.39, 0.29) is 17.9 Å². The van der Waals surface area contributed by atoms with E-state index in [1.54, 1.807) is 11.0 Å². The van der Waals surface area contributed by atoms with Crippen molar-refractivity contribution in [1.29, 1.82) is 0 Å². The Kier molecular flexibility index (Phi) is 8.30. The molecule has 0 atom stereocenters. The molecule has 0 unspecified atom stereocenters. The third-order valence-electron chi connectivity index (χ3n) is 8.45. The van der Waals surface area contributed by atoms with Crippen molar-refractivity contribution in [1.82, 2.24) is 20.1 Å². The number of pyridine rings is 1. The third-order valence-corrected chi connectivity index (χ3v) is 8.45. The van der Waals surface area contributed by atoms with Crippen molar-refractivity contribution in [2.24, 2.45) is 11.8 Å². The van der Waals surface area contributed by atoms with Crippen LogP contribution >= 0.6 is 0 Å². The van der Waals surface area contributed by atoms with Crippen molar-refractivity contribution in [3.8, 4) is 0 Å². The molecule has 1 aromatic carbocycles. The minimum absolute atomic E-state index is 0.00892. The molecule has 3 fully saturated rings. The molecule has 1 aromatic heterocycles. The van der Waals surface area contributed by atoms with Gasteiger partial charge in [-0.25, -0.2) is 9.78 Å². The summed E-state index contributed by atoms with van der Waals surface area (Å²) in [7, 11) is 0. The van der Waals surface area contributed by atoms with Crippen LogP contribution in [0.5, 0.6) is 0 Å². The molecule has 0 bridgehead atoms. The number of halogens is 4. The van der Waals surface area contributed by atoms with Crippen molar-refractivity contribution in [3.63, 3.8) is 0 Å². The molecule has 5 rings (SSSR count). The summed E-state index contributed by atoms with van der Waals surface area (Å²) < 4.78 is 57.3. The summed E-state index contributed by atoms with van der Waals surface area (Å²) in [5.74, 6) is -0.322. The van der Waals surface area contributed by atoms with E-state index in [0.29, 0.717) is 58.0 Å². The molecule has 2 amide bonds. The van der Waals surface area contributed by atoms with Gasteiger partial charge in [-0.05, 0) is 60.9 Å². The summed E-state index contributed by atoms with van der Waals surface area (Å²) in [6.45, 7) is 3.45. The lowest BCUT2D eigenvalue weighted by atomic mass is 9.81. The van der Waals surface area contributed by atoms with E-state index in [1.165, 1.54) is 24.4 Å². The summed E-state index contributed by atoms with van der Waals surface area (Å²) in [4.78, 5) is 32.9. The SMILES string of the molecule is O=C(NCc1ccc(F)nc1)C1CCC(CN2CC3(CCN(Cc4ccc(C(F)(F)F)cc4)CC3)OC2=O)CC1. The van der Waals surface area contributed by atoms with Crippen LogP contribution in [0.15, 0.2) is 42.6 Å². The number of nitrogens with one attached hydrogen (secondary N) is 1. The predicted octanol–water partition coefficient (Wildman–Crippen LogP) is 5.15. The highest BCUT2D eigenvalue weighted by Gasteiger charge is 2.47. The Bertz CT molecular complexity index is 1170. The van der Waals surface area contributed by atoms with Crippen molar-refractivity contribution in [2.75, 3.05) is 26.2 Å². The van der Waals surface area contributed by atoms with E-state index >= 15 is 0 Å². The lowest BCUT2D eigenvalue weighted by Crippen LogP contribution is -2.46. The first-order valence-electron chi connectivity index (χ1n) is 13.8. The smallest absolute Gasteiger partial charge is 0.416 e. The number of carbonyl (C=O) groups is 2. The molecule has 2 saturated heterocycles. The molecule has 3 heterocycles. The van der Waals surface area contributed by atoms with Gasteiger partial charge < -0.3 is 15.0 Å². The molecule has 1 N–H and O–H groups in total. The van der Waals surface area contributed by atoms with Crippen LogP contribution in [0, 0.1) is 17.8 Å². The van der Waals surface area contributed by atoms with E-state index in [2.05, 4.69) is 15.2 Å². The van der Waals surface area contributed by atoms with Crippen LogP contribution in [0.3, 0.4) is 0 Å². The zero-order valence-corrected chi connectivity index (χ0v) is 22.3. The second-order valence-corrected chi connectivity index (χ2v) is 11.3. The molecular formula is C29H34F4N4O3. The minimum Gasteiger partial charge on any atom is -0.441 e. The molecule has 1 spiro atoms. The first-order valence-corrected chi connectivity index (χ1v) is 13.8. The lowest BCUT2D eigenvalue weighted by molar-refractivity contribution is -0.137. The van der Waals surface area contributed by atoms with E-state index in [9.17, 15) is 27.2 Å². The normalized spacial score (nSPS) is 23.3. The number of amides is 2. The number of carbonyl (C=O) groups excluding carboxylic acids is 2. The van der Waals surface area contributed by atoms with Crippen LogP contribution in [0.4, 0.5) is 22.4 Å². The molecule has 11 heteroatoms. The fourth-order valence-corrected chi connectivity index (χ4v) is 6.03. The van der Waals surface area contributed by atoms with E-state index in [0.717, 1.165) is 48.9 Å². The van der Waals surface area contributed by atoms with Gasteiger partial charge in [-0.15, -0.1) is 0 Å². The maximum atomic E-state index is 13.0. The quantitative estimate of drug-likeness (QED) is 0.373. The molecule has 40 heavy (non-hydrogen) atoms. The maximum Gasteiger partial charge on any atom is 0.416 e. The largest absolute Gasteiger partial charge is 0.441 e. The number of hydrogen-bond donors (Lipinski definition) is 1. The van der Waals surface area contributed by atoms with Gasteiger partial charge in [0.2, 0.25) is 11.9 Å². The number of benzene rings is 1. The van der Waals surface area contributed by atoms with E-state index < -0.39 is 23.3 Å². The van der Waals surface area contributed by atoms with Gasteiger partial charge in [-0.2, -0.15) is 17.6 Å². The second-order valence-electron chi connectivity index (χ2n) is 11.3. The summed E-state index contributed by atoms with van der Waals surface area (Å²) in [6, 6.07) is 8.14. The van der Waals surface area contributed by atoms with Gasteiger partial charge >= 0.3 is 12.3 Å². The van der Waals surface area contributed by atoms with Crippen LogP contribution in [-0.4, -0.2) is 58.6 Å². The molecule has 2 aliphatic heterocycles. The minimum atomic E-state index is -4.34. The Morgan fingerprint density at radius 3 is 2.33 bits per heavy atom. The van der Waals surface area contributed by atoms with Gasteiger partial charge in [-0.1, -0.05) is 18.2 Å². The average molecular weight is 563 g/mol. The van der Waals surface area contributed by atoms with Crippen LogP contribution in [-0.2, 0) is 28.8 Å². The van der Waals surface area contributed by atoms with Crippen molar-refractivity contribution in [3.05, 3.63) is 65.2 Å². The fraction of sp³-hybridized carbons (Fsp3) is 0.552. The molecule has 3 aliphatic rings. The topological polar surface area (TPSA) is 74.8 Å². The van der Waals surface area contributed by atoms with Gasteiger partial charge in [0.15, 0.2) is 0 Å². The molecule has 1 aliphatic carbocycles. The Morgan fingerprint density at radius 1 is 1.02 bits per heavy atom. The van der Waals surface area contributed by atoms with Crippen LogP contribution < -0.4 is 5.32 Å². The number of ether oxygens (including phenoxy) is 1. The van der Waals surface area contributed by atoms with Gasteiger partial charge in [-0.3, -0.25) is 9.69 Å². The molecule has 7 nitrogen and oxygen atoms in total. The number of likely N-dealkylation sites (tertiary alicyclic amines) is 1. The highest BCUT2D eigenvalue weighted by atomic mass is 19.4. The van der Waals surface area contributed by atoms with Gasteiger partial charge in [0.1, 0.15) is 5.60 Å². The summed E-state index contributed by atoms with van der Waals surface area (Å²) >= 11 is 0. The summed E-state index contributed by atoms with van der Waals surface area (Å²) in [5, 5.41) is 2.91. The maximum absolute atomic E-state index is 13.0. The molecule has 1 saturated carbocycles. The average Bonchev–Trinajstić information content (AvgIpc) is 3.23. The Hall–Kier alpha value is -3.21. The standard InChI is InChI=1S/C29H34F4N4O3/c30-25-10-5-22(15-34-25)16-35-26(38)23-6-1-21(2-7-23)18-37-19-28(40-27(37)39)11-13-36(14-12-28)17-20-3-8-24(9-4-20)29(31,32)33/h3-5,8-10,15,21,23H,1-2,6-7,11-14,16-19H2,(H,35,38). The van der Waals surface area contributed by atoms with Gasteiger partial charge in [0, 0.05) is 57.7 Å². The van der Waals surface area contributed by atoms with Crippen molar-refractivity contribution < 1.29 is 31.9 Å². The molecule has 216 valence electrons. The van der Waals surface area contributed by atoms with Gasteiger partial charge in [0.05, 0.1) is 12.1 Å². The Labute approximate surface area is 230 Å². The monoisotopic (exact) mass is 562 g/mol. The molecule has 2 aromatic rings. The van der Waals surface area contributed by atoms with Crippen LogP contribution in [0.25, 0.3) is 0 Å². The highest BCUT2D eigenvalue weighted by molar-refractivity contribution is 5.78. The van der Waals surface area contributed by atoms with E-state index in [1.807, 2.05) is 0 Å². The predicted molar refractivity (Wildman–Crippen MR) is 138 cm³/mol. The number of hydrogen-bond acceptors (Lipinski definition) is 5. The van der Waals surface area contributed by atoms with Crippen LogP contribution in [0.2, 0.25) is 0 Å². The number of alkyl halides is 3. The van der Waals surface area contributed by atoms with E-state index in [4.69, 9.17) is 4.74 Å². The molecular weight excluding hydrogens is 528 g/mol. The fourth-order valence-electron chi connectivity index (χ4n) is 6.03. The van der Waals surface area contributed by atoms with Gasteiger partial charge in [0.25, 0.3) is 0 Å². The number of nitrogens with zero attached hydrogens (tertiary/aromatic N) is 3. The summed E-state index contributed by atoms with van der Waals surface area (Å²) in [6.07, 6.45) is 1.38. The Balaban J connectivity index is 1.03. The number of rotatable bonds is 7. The first-order chi connectivity index (χ1) is 19.1. The van der Waals surface area contributed by atoms with Crippen molar-refractivity contribution in [2.45, 2.75) is 63.4 Å². The zero-order valence-electron chi connectivity index (χ0n) is 22.3. The van der Waals surface area contributed by atoms with Crippen molar-refractivity contribution >= 4 is 12.0 Å². The third kappa shape index (κ3) is 6.92. The Morgan fingerprint density at radius 2 is 1.70 bits per heavy atom. The second kappa shape index (κ2) is 11.7. The van der Waals surface area contributed by atoms with Crippen LogP contribution in [0.1, 0.15) is 55.2 Å².